The summed E-state index contributed by atoms with van der Waals surface area (Å²) in [5, 5.41) is 14.5. The number of anilines is 1. The lowest BCUT2D eigenvalue weighted by Gasteiger charge is -2.31. The maximum Gasteiger partial charge on any atom is 0.245 e. The van der Waals surface area contributed by atoms with Crippen LogP contribution in [0.25, 0.3) is 10.7 Å². The van der Waals surface area contributed by atoms with Gasteiger partial charge in [-0.25, -0.2) is 0 Å². The van der Waals surface area contributed by atoms with Gasteiger partial charge in [0.1, 0.15) is 4.88 Å². The van der Waals surface area contributed by atoms with E-state index in [2.05, 4.69) is 41.9 Å². The number of nitrogens with zero attached hydrogens (tertiary/aromatic N) is 5. The van der Waals surface area contributed by atoms with E-state index in [0.717, 1.165) is 48.7 Å². The van der Waals surface area contributed by atoms with E-state index >= 15 is 0 Å². The fraction of sp³-hybridized carbons (Fsp3) is 0.667. The molecule has 0 spiro atoms. The molecule has 7 nitrogen and oxygen atoms in total. The average molecular weight is 293 g/mol. The van der Waals surface area contributed by atoms with Gasteiger partial charge in [0.05, 0.1) is 6.20 Å². The molecular weight excluding hydrogens is 274 g/mol. The van der Waals surface area contributed by atoms with Gasteiger partial charge in [-0.1, -0.05) is 11.4 Å². The highest BCUT2D eigenvalue weighted by Crippen LogP contribution is 2.23. The molecular formula is C12H19N7S. The molecule has 1 saturated heterocycles. The monoisotopic (exact) mass is 293 g/mol. The van der Waals surface area contributed by atoms with Gasteiger partial charge >= 0.3 is 0 Å². The Labute approximate surface area is 122 Å². The molecule has 0 saturated carbocycles. The van der Waals surface area contributed by atoms with E-state index in [1.54, 1.807) is 6.20 Å². The zero-order valence-corrected chi connectivity index (χ0v) is 12.4. The maximum atomic E-state index is 4.54. The van der Waals surface area contributed by atoms with Gasteiger partial charge in [-0.2, -0.15) is 4.98 Å². The van der Waals surface area contributed by atoms with Gasteiger partial charge in [0.2, 0.25) is 5.95 Å². The molecule has 0 radical (unpaired) electrons. The first-order chi connectivity index (χ1) is 9.86. The second-order valence-electron chi connectivity index (χ2n) is 5.00. The van der Waals surface area contributed by atoms with E-state index in [1.165, 1.54) is 24.4 Å². The molecule has 1 fully saturated rings. The van der Waals surface area contributed by atoms with Crippen LogP contribution >= 0.6 is 11.5 Å². The fourth-order valence-electron chi connectivity index (χ4n) is 2.46. The zero-order valence-electron chi connectivity index (χ0n) is 11.5. The Bertz CT molecular complexity index is 516. The molecule has 3 heterocycles. The molecule has 0 atom stereocenters. The average Bonchev–Trinajstić information content (AvgIpc) is 3.16. The third kappa shape index (κ3) is 2.96. The molecule has 20 heavy (non-hydrogen) atoms. The second kappa shape index (κ2) is 6.27. The number of hydrogen-bond acceptors (Lipinski definition) is 7. The minimum atomic E-state index is 0.754. The summed E-state index contributed by atoms with van der Waals surface area (Å²) in [5.74, 6) is 2.32. The van der Waals surface area contributed by atoms with Gasteiger partial charge in [0, 0.05) is 13.1 Å². The van der Waals surface area contributed by atoms with Crippen molar-refractivity contribution < 1.29 is 0 Å². The highest BCUT2D eigenvalue weighted by Gasteiger charge is 2.22. The van der Waals surface area contributed by atoms with Gasteiger partial charge in [-0.15, -0.1) is 10.2 Å². The van der Waals surface area contributed by atoms with Crippen molar-refractivity contribution in [1.82, 2.24) is 30.1 Å². The zero-order chi connectivity index (χ0) is 13.8. The van der Waals surface area contributed by atoms with Crippen LogP contribution < -0.4 is 10.2 Å². The molecule has 3 rings (SSSR count). The summed E-state index contributed by atoms with van der Waals surface area (Å²) in [5.41, 5.74) is 0. The standard InChI is InChI=1S/C12H19N7S/c1-2-13-7-9-3-5-19(6-4-9)12-15-11(16-17-12)10-8-14-18-20-10/h8-9,13H,2-7H2,1H3,(H,15,16,17). The van der Waals surface area contributed by atoms with Crippen molar-refractivity contribution in [2.45, 2.75) is 19.8 Å². The van der Waals surface area contributed by atoms with Gasteiger partial charge in [0.25, 0.3) is 0 Å². The van der Waals surface area contributed by atoms with Gasteiger partial charge < -0.3 is 10.2 Å². The van der Waals surface area contributed by atoms with Gasteiger partial charge in [-0.05, 0) is 43.4 Å². The number of piperidine rings is 1. The SMILES string of the molecule is CCNCC1CCN(c2n[nH]c(-c3cnns3)n2)CC1. The van der Waals surface area contributed by atoms with Crippen LogP contribution in [0.5, 0.6) is 0 Å². The molecule has 8 heteroatoms. The van der Waals surface area contributed by atoms with Crippen LogP contribution in [0.2, 0.25) is 0 Å². The molecule has 2 aromatic heterocycles. The molecule has 0 aromatic carbocycles. The molecule has 0 unspecified atom stereocenters. The lowest BCUT2D eigenvalue weighted by atomic mass is 9.97. The summed E-state index contributed by atoms with van der Waals surface area (Å²) >= 11 is 1.32. The normalized spacial score (nSPS) is 16.8. The highest BCUT2D eigenvalue weighted by molar-refractivity contribution is 7.09. The molecule has 0 amide bonds. The topological polar surface area (TPSA) is 82.6 Å². The Balaban J connectivity index is 1.58. The van der Waals surface area contributed by atoms with Gasteiger partial charge in [-0.3, -0.25) is 5.10 Å². The Morgan fingerprint density at radius 1 is 1.45 bits per heavy atom. The van der Waals surface area contributed by atoms with Crippen molar-refractivity contribution in [3.63, 3.8) is 0 Å². The third-order valence-corrected chi connectivity index (χ3v) is 4.32. The first-order valence-corrected chi connectivity index (χ1v) is 7.80. The van der Waals surface area contributed by atoms with E-state index < -0.39 is 0 Å². The Morgan fingerprint density at radius 3 is 3.00 bits per heavy atom. The van der Waals surface area contributed by atoms with Crippen LogP contribution in [-0.2, 0) is 0 Å². The number of nitrogens with one attached hydrogen (secondary N) is 2. The Morgan fingerprint density at radius 2 is 2.30 bits per heavy atom. The number of hydrogen-bond donors (Lipinski definition) is 2. The first-order valence-electron chi connectivity index (χ1n) is 7.02. The first kappa shape index (κ1) is 13.4. The molecule has 2 aromatic rings. The predicted molar refractivity (Wildman–Crippen MR) is 78.8 cm³/mol. The van der Waals surface area contributed by atoms with Crippen LogP contribution in [-0.4, -0.2) is 50.9 Å². The smallest absolute Gasteiger partial charge is 0.245 e. The van der Waals surface area contributed by atoms with Crippen molar-refractivity contribution in [2.24, 2.45) is 5.92 Å². The van der Waals surface area contributed by atoms with E-state index in [0.29, 0.717) is 0 Å². The summed E-state index contributed by atoms with van der Waals surface area (Å²) in [6.07, 6.45) is 4.09. The predicted octanol–water partition coefficient (Wildman–Crippen LogP) is 1.15. The Kier molecular flexibility index (Phi) is 4.22. The fourth-order valence-corrected chi connectivity index (χ4v) is 2.92. The summed E-state index contributed by atoms with van der Waals surface area (Å²) in [4.78, 5) is 7.71. The highest BCUT2D eigenvalue weighted by atomic mass is 32.1. The molecule has 0 aliphatic carbocycles. The number of rotatable bonds is 5. The Hall–Kier alpha value is -1.54. The van der Waals surface area contributed by atoms with Crippen LogP contribution in [0.3, 0.4) is 0 Å². The largest absolute Gasteiger partial charge is 0.340 e. The van der Waals surface area contributed by atoms with E-state index in [4.69, 9.17) is 0 Å². The molecule has 1 aliphatic heterocycles. The lowest BCUT2D eigenvalue weighted by molar-refractivity contribution is 0.384. The molecule has 2 N–H and O–H groups in total. The van der Waals surface area contributed by atoms with E-state index in [9.17, 15) is 0 Å². The number of aromatic nitrogens is 5. The molecule has 108 valence electrons. The minimum absolute atomic E-state index is 0.754. The van der Waals surface area contributed by atoms with Crippen LogP contribution in [0.4, 0.5) is 5.95 Å². The van der Waals surface area contributed by atoms with Crippen molar-refractivity contribution in [2.75, 3.05) is 31.1 Å². The van der Waals surface area contributed by atoms with Crippen molar-refractivity contribution in [3.05, 3.63) is 6.20 Å². The van der Waals surface area contributed by atoms with Crippen LogP contribution in [0.1, 0.15) is 19.8 Å². The van der Waals surface area contributed by atoms with Crippen molar-refractivity contribution in [1.29, 1.82) is 0 Å². The van der Waals surface area contributed by atoms with Crippen LogP contribution in [0, 0.1) is 5.92 Å². The van der Waals surface area contributed by atoms with Crippen LogP contribution in [0.15, 0.2) is 6.20 Å². The third-order valence-electron chi connectivity index (χ3n) is 3.65. The van der Waals surface area contributed by atoms with E-state index in [-0.39, 0.29) is 0 Å². The van der Waals surface area contributed by atoms with Crippen molar-refractivity contribution >= 4 is 17.5 Å². The summed E-state index contributed by atoms with van der Waals surface area (Å²) < 4.78 is 3.84. The summed E-state index contributed by atoms with van der Waals surface area (Å²) in [6.45, 7) is 6.37. The lowest BCUT2D eigenvalue weighted by Crippen LogP contribution is -2.37. The molecule has 1 aliphatic rings. The number of aromatic amines is 1. The summed E-state index contributed by atoms with van der Waals surface area (Å²) in [7, 11) is 0. The number of H-pyrrole nitrogens is 1. The van der Waals surface area contributed by atoms with E-state index in [1.807, 2.05) is 0 Å². The quantitative estimate of drug-likeness (QED) is 0.860. The van der Waals surface area contributed by atoms with Crippen molar-refractivity contribution in [3.8, 4) is 10.7 Å². The summed E-state index contributed by atoms with van der Waals surface area (Å²) in [6, 6.07) is 0. The van der Waals surface area contributed by atoms with Gasteiger partial charge in [0.15, 0.2) is 5.82 Å². The second-order valence-corrected chi connectivity index (χ2v) is 5.79. The maximum absolute atomic E-state index is 4.54. The molecule has 0 bridgehead atoms. The minimum Gasteiger partial charge on any atom is -0.340 e.